The van der Waals surface area contributed by atoms with Crippen LogP contribution in [0.2, 0.25) is 0 Å². The van der Waals surface area contributed by atoms with Crippen molar-refractivity contribution in [1.29, 1.82) is 0 Å². The second-order valence-electron chi connectivity index (χ2n) is 2.75. The molecule has 0 saturated carbocycles. The van der Waals surface area contributed by atoms with Crippen LogP contribution in [0.3, 0.4) is 0 Å². The van der Waals surface area contributed by atoms with E-state index < -0.39 is 12.0 Å². The lowest BCUT2D eigenvalue weighted by atomic mass is 10.2. The lowest BCUT2D eigenvalue weighted by molar-refractivity contribution is -0.140. The molecule has 5 heteroatoms. The Kier molecular flexibility index (Phi) is 8.69. The van der Waals surface area contributed by atoms with Gasteiger partial charge in [-0.2, -0.15) is 11.8 Å². The second-order valence-corrected chi connectivity index (χ2v) is 3.98. The SMILES string of the molecule is CC#CCCSCCC(NC=O)C(=O)O. The van der Waals surface area contributed by atoms with Crippen LogP contribution in [0.5, 0.6) is 0 Å². The molecule has 0 fully saturated rings. The number of amides is 1. The van der Waals surface area contributed by atoms with Crippen molar-refractivity contribution in [3.05, 3.63) is 0 Å². The Hall–Kier alpha value is -1.15. The lowest BCUT2D eigenvalue weighted by Gasteiger charge is -2.09. The first-order chi connectivity index (χ1) is 7.22. The average molecular weight is 229 g/mol. The number of carboxylic acids is 1. The smallest absolute Gasteiger partial charge is 0.326 e. The summed E-state index contributed by atoms with van der Waals surface area (Å²) in [5, 5.41) is 11.0. The minimum absolute atomic E-state index is 0.423. The van der Waals surface area contributed by atoms with Gasteiger partial charge in [-0.15, -0.1) is 11.8 Å². The summed E-state index contributed by atoms with van der Waals surface area (Å²) in [6, 6.07) is -0.771. The molecule has 0 rings (SSSR count). The third-order valence-corrected chi connectivity index (χ3v) is 2.68. The average Bonchev–Trinajstić information content (AvgIpc) is 2.21. The van der Waals surface area contributed by atoms with Gasteiger partial charge in [-0.1, -0.05) is 0 Å². The summed E-state index contributed by atoms with van der Waals surface area (Å²) in [6.45, 7) is 1.79. The van der Waals surface area contributed by atoms with Crippen LogP contribution in [0.1, 0.15) is 19.8 Å². The molecule has 15 heavy (non-hydrogen) atoms. The monoisotopic (exact) mass is 229 g/mol. The first-order valence-electron chi connectivity index (χ1n) is 4.62. The summed E-state index contributed by atoms with van der Waals surface area (Å²) in [5.41, 5.74) is 0. The molecular weight excluding hydrogens is 214 g/mol. The van der Waals surface area contributed by atoms with Crippen LogP contribution in [0.25, 0.3) is 0 Å². The van der Waals surface area contributed by atoms with E-state index in [1.807, 2.05) is 0 Å². The van der Waals surface area contributed by atoms with Gasteiger partial charge in [0, 0.05) is 12.2 Å². The van der Waals surface area contributed by atoms with Crippen molar-refractivity contribution in [3.63, 3.8) is 0 Å². The van der Waals surface area contributed by atoms with Crippen molar-refractivity contribution in [1.82, 2.24) is 5.32 Å². The predicted molar refractivity (Wildman–Crippen MR) is 60.6 cm³/mol. The Balaban J connectivity index is 3.56. The van der Waals surface area contributed by atoms with Crippen molar-refractivity contribution in [2.75, 3.05) is 11.5 Å². The summed E-state index contributed by atoms with van der Waals surface area (Å²) >= 11 is 1.64. The molecule has 1 amide bonds. The molecule has 0 spiro atoms. The summed E-state index contributed by atoms with van der Waals surface area (Å²) in [6.07, 6.45) is 1.68. The van der Waals surface area contributed by atoms with E-state index in [0.717, 1.165) is 12.2 Å². The molecule has 84 valence electrons. The maximum Gasteiger partial charge on any atom is 0.326 e. The Morgan fingerprint density at radius 1 is 1.60 bits per heavy atom. The molecule has 4 nitrogen and oxygen atoms in total. The highest BCUT2D eigenvalue weighted by atomic mass is 32.2. The number of thioether (sulfide) groups is 1. The maximum atomic E-state index is 10.6. The molecular formula is C10H15NO3S. The lowest BCUT2D eigenvalue weighted by Crippen LogP contribution is -2.36. The fourth-order valence-electron chi connectivity index (χ4n) is 0.912. The summed E-state index contributed by atoms with van der Waals surface area (Å²) in [5.74, 6) is 6.33. The maximum absolute atomic E-state index is 10.6. The molecule has 0 aliphatic carbocycles. The summed E-state index contributed by atoms with van der Waals surface area (Å²) in [4.78, 5) is 20.7. The van der Waals surface area contributed by atoms with Crippen LogP contribution in [0.4, 0.5) is 0 Å². The molecule has 1 atom stereocenters. The fraction of sp³-hybridized carbons (Fsp3) is 0.600. The quantitative estimate of drug-likeness (QED) is 0.366. The minimum atomic E-state index is -0.990. The van der Waals surface area contributed by atoms with Crippen LogP contribution in [-0.4, -0.2) is 35.0 Å². The van der Waals surface area contributed by atoms with Gasteiger partial charge in [0.15, 0.2) is 0 Å². The topological polar surface area (TPSA) is 66.4 Å². The second kappa shape index (κ2) is 9.41. The van der Waals surface area contributed by atoms with E-state index in [1.54, 1.807) is 18.7 Å². The first-order valence-corrected chi connectivity index (χ1v) is 5.77. The van der Waals surface area contributed by atoms with Crippen LogP contribution >= 0.6 is 11.8 Å². The van der Waals surface area contributed by atoms with Gasteiger partial charge in [0.05, 0.1) is 0 Å². The van der Waals surface area contributed by atoms with E-state index in [-0.39, 0.29) is 0 Å². The van der Waals surface area contributed by atoms with Crippen LogP contribution < -0.4 is 5.32 Å². The number of aliphatic carboxylic acids is 1. The molecule has 0 aliphatic heterocycles. The minimum Gasteiger partial charge on any atom is -0.480 e. The highest BCUT2D eigenvalue weighted by molar-refractivity contribution is 7.99. The molecule has 2 N–H and O–H groups in total. The molecule has 0 heterocycles. The van der Waals surface area contributed by atoms with Crippen molar-refractivity contribution in [2.45, 2.75) is 25.8 Å². The zero-order valence-corrected chi connectivity index (χ0v) is 9.47. The number of hydrogen-bond donors (Lipinski definition) is 2. The summed E-state index contributed by atoms with van der Waals surface area (Å²) < 4.78 is 0. The van der Waals surface area contributed by atoms with Gasteiger partial charge in [-0.3, -0.25) is 4.79 Å². The Morgan fingerprint density at radius 3 is 2.87 bits per heavy atom. The van der Waals surface area contributed by atoms with Crippen LogP contribution in [-0.2, 0) is 9.59 Å². The van der Waals surface area contributed by atoms with Gasteiger partial charge >= 0.3 is 5.97 Å². The highest BCUT2D eigenvalue weighted by Crippen LogP contribution is 2.06. The third kappa shape index (κ3) is 7.89. The van der Waals surface area contributed by atoms with Crippen molar-refractivity contribution in [3.8, 4) is 11.8 Å². The Bertz CT molecular complexity index is 257. The largest absolute Gasteiger partial charge is 0.480 e. The number of nitrogens with one attached hydrogen (secondary N) is 1. The standard InChI is InChI=1S/C10H15NO3S/c1-2-3-4-6-15-7-5-9(10(13)14)11-8-12/h8-9H,4-7H2,1H3,(H,11,12)(H,13,14). The number of hydrogen-bond acceptors (Lipinski definition) is 3. The highest BCUT2D eigenvalue weighted by Gasteiger charge is 2.14. The van der Waals surface area contributed by atoms with E-state index >= 15 is 0 Å². The molecule has 0 radical (unpaired) electrons. The first kappa shape index (κ1) is 13.8. The van der Waals surface area contributed by atoms with Crippen molar-refractivity contribution >= 4 is 24.1 Å². The predicted octanol–water partition coefficient (Wildman–Crippen LogP) is 0.722. The van der Waals surface area contributed by atoms with Crippen molar-refractivity contribution < 1.29 is 14.7 Å². The molecule has 0 aromatic heterocycles. The van der Waals surface area contributed by atoms with Gasteiger partial charge in [0.1, 0.15) is 6.04 Å². The van der Waals surface area contributed by atoms with Crippen LogP contribution in [0, 0.1) is 11.8 Å². The molecule has 1 unspecified atom stereocenters. The van der Waals surface area contributed by atoms with Crippen LogP contribution in [0.15, 0.2) is 0 Å². The molecule has 0 aliphatic rings. The molecule has 0 aromatic carbocycles. The van der Waals surface area contributed by atoms with Gasteiger partial charge in [0.2, 0.25) is 6.41 Å². The molecule has 0 saturated heterocycles. The Labute approximate surface area is 93.8 Å². The van der Waals surface area contributed by atoms with Gasteiger partial charge < -0.3 is 10.4 Å². The van der Waals surface area contributed by atoms with E-state index in [2.05, 4.69) is 17.2 Å². The van der Waals surface area contributed by atoms with Gasteiger partial charge in [-0.25, -0.2) is 4.79 Å². The van der Waals surface area contributed by atoms with E-state index in [0.29, 0.717) is 18.6 Å². The van der Waals surface area contributed by atoms with E-state index in [9.17, 15) is 9.59 Å². The normalized spacial score (nSPS) is 11.0. The fourth-order valence-corrected chi connectivity index (χ4v) is 1.76. The van der Waals surface area contributed by atoms with Crippen molar-refractivity contribution in [2.24, 2.45) is 0 Å². The zero-order valence-electron chi connectivity index (χ0n) is 8.66. The molecule has 0 bridgehead atoms. The Morgan fingerprint density at radius 2 is 2.33 bits per heavy atom. The van der Waals surface area contributed by atoms with E-state index in [1.165, 1.54) is 0 Å². The number of rotatable bonds is 8. The number of carbonyl (C=O) groups is 2. The van der Waals surface area contributed by atoms with E-state index in [4.69, 9.17) is 5.11 Å². The zero-order chi connectivity index (χ0) is 11.5. The van der Waals surface area contributed by atoms with Gasteiger partial charge in [-0.05, 0) is 19.1 Å². The van der Waals surface area contributed by atoms with Gasteiger partial charge in [0.25, 0.3) is 0 Å². The molecule has 0 aromatic rings. The number of carboxylic acid groups (broad SMARTS) is 1. The third-order valence-electron chi connectivity index (χ3n) is 1.67. The number of carbonyl (C=O) groups excluding carboxylic acids is 1. The summed E-state index contributed by atoms with van der Waals surface area (Å²) in [7, 11) is 0.